The topological polar surface area (TPSA) is 70.2 Å². The van der Waals surface area contributed by atoms with E-state index in [-0.39, 0.29) is 5.91 Å². The van der Waals surface area contributed by atoms with Gasteiger partial charge in [0.1, 0.15) is 17.5 Å². The van der Waals surface area contributed by atoms with Gasteiger partial charge in [0, 0.05) is 33.1 Å². The van der Waals surface area contributed by atoms with Crippen LogP contribution >= 0.6 is 0 Å². The molecule has 106 valence electrons. The maximum atomic E-state index is 11.6. The highest BCUT2D eigenvalue weighted by Gasteiger charge is 2.10. The van der Waals surface area contributed by atoms with Gasteiger partial charge in [-0.15, -0.1) is 0 Å². The summed E-state index contributed by atoms with van der Waals surface area (Å²) in [4.78, 5) is 22.3. The summed E-state index contributed by atoms with van der Waals surface area (Å²) in [6, 6.07) is 1.85. The smallest absolute Gasteiger partial charge is 0.239 e. The van der Waals surface area contributed by atoms with E-state index in [9.17, 15) is 4.79 Å². The number of carbonyl (C=O) groups is 1. The summed E-state index contributed by atoms with van der Waals surface area (Å²) in [5.41, 5.74) is 0. The van der Waals surface area contributed by atoms with Crippen LogP contribution in [0.1, 0.15) is 26.1 Å². The standard InChI is InChI=1S/C13H23N5O/c1-5-7-10-16-11(14-3)8-12(17-10)18(4)9-13(19)15-6-2/h8H,5-7,9H2,1-4H3,(H,15,19)(H,14,16,17). The normalized spacial score (nSPS) is 10.1. The molecular weight excluding hydrogens is 242 g/mol. The molecule has 0 radical (unpaired) electrons. The number of aromatic nitrogens is 2. The molecule has 1 rings (SSSR count). The van der Waals surface area contributed by atoms with Gasteiger partial charge >= 0.3 is 0 Å². The molecule has 0 aromatic carbocycles. The molecule has 1 aromatic rings. The molecule has 0 spiro atoms. The van der Waals surface area contributed by atoms with Gasteiger partial charge in [-0.3, -0.25) is 4.79 Å². The van der Waals surface area contributed by atoms with Crippen molar-refractivity contribution in [1.29, 1.82) is 0 Å². The molecule has 0 aliphatic rings. The molecule has 2 N–H and O–H groups in total. The lowest BCUT2D eigenvalue weighted by Gasteiger charge is -2.18. The van der Waals surface area contributed by atoms with E-state index in [0.717, 1.165) is 30.3 Å². The van der Waals surface area contributed by atoms with Gasteiger partial charge in [0.25, 0.3) is 0 Å². The molecule has 19 heavy (non-hydrogen) atoms. The Bertz CT molecular complexity index is 421. The zero-order valence-electron chi connectivity index (χ0n) is 12.2. The van der Waals surface area contributed by atoms with Gasteiger partial charge in [-0.1, -0.05) is 6.92 Å². The third kappa shape index (κ3) is 4.73. The Morgan fingerprint density at radius 1 is 1.37 bits per heavy atom. The number of anilines is 2. The quantitative estimate of drug-likeness (QED) is 0.771. The third-order valence-corrected chi connectivity index (χ3v) is 2.63. The van der Waals surface area contributed by atoms with Crippen LogP contribution in [0.3, 0.4) is 0 Å². The fourth-order valence-corrected chi connectivity index (χ4v) is 1.69. The average Bonchev–Trinajstić information content (AvgIpc) is 2.38. The molecule has 0 aliphatic carbocycles. The van der Waals surface area contributed by atoms with Crippen LogP contribution in [0.15, 0.2) is 6.07 Å². The molecule has 0 bridgehead atoms. The number of aryl methyl sites for hydroxylation is 1. The van der Waals surface area contributed by atoms with Crippen LogP contribution in [0.2, 0.25) is 0 Å². The summed E-state index contributed by atoms with van der Waals surface area (Å²) in [5.74, 6) is 2.32. The van der Waals surface area contributed by atoms with Gasteiger partial charge in [-0.2, -0.15) is 0 Å². The van der Waals surface area contributed by atoms with E-state index in [0.29, 0.717) is 13.1 Å². The summed E-state index contributed by atoms with van der Waals surface area (Å²) in [5, 5.41) is 5.80. The van der Waals surface area contributed by atoms with E-state index >= 15 is 0 Å². The highest BCUT2D eigenvalue weighted by Crippen LogP contribution is 2.15. The molecule has 0 fully saturated rings. The second-order valence-electron chi connectivity index (χ2n) is 4.34. The number of likely N-dealkylation sites (N-methyl/N-ethyl adjacent to an activating group) is 2. The molecule has 6 nitrogen and oxygen atoms in total. The van der Waals surface area contributed by atoms with Crippen molar-refractivity contribution in [3.05, 3.63) is 11.9 Å². The summed E-state index contributed by atoms with van der Waals surface area (Å²) < 4.78 is 0. The first-order valence-electron chi connectivity index (χ1n) is 6.64. The van der Waals surface area contributed by atoms with E-state index in [2.05, 4.69) is 27.5 Å². The van der Waals surface area contributed by atoms with Crippen LogP contribution in [-0.4, -0.2) is 43.1 Å². The minimum Gasteiger partial charge on any atom is -0.373 e. The number of nitrogens with zero attached hydrogens (tertiary/aromatic N) is 3. The van der Waals surface area contributed by atoms with Gasteiger partial charge in [0.15, 0.2) is 0 Å². The van der Waals surface area contributed by atoms with Gasteiger partial charge in [-0.25, -0.2) is 9.97 Å². The van der Waals surface area contributed by atoms with Crippen molar-refractivity contribution in [2.45, 2.75) is 26.7 Å². The van der Waals surface area contributed by atoms with Crippen molar-refractivity contribution in [1.82, 2.24) is 15.3 Å². The SMILES string of the molecule is CCCc1nc(NC)cc(N(C)CC(=O)NCC)n1. The molecule has 0 atom stereocenters. The zero-order chi connectivity index (χ0) is 14.3. The first-order valence-corrected chi connectivity index (χ1v) is 6.64. The van der Waals surface area contributed by atoms with Crippen molar-refractivity contribution >= 4 is 17.5 Å². The predicted octanol–water partition coefficient (Wildman–Crippen LogP) is 1.04. The predicted molar refractivity (Wildman–Crippen MR) is 77.5 cm³/mol. The molecular formula is C13H23N5O. The number of carbonyl (C=O) groups excluding carboxylic acids is 1. The van der Waals surface area contributed by atoms with E-state index < -0.39 is 0 Å². The first kappa shape index (κ1) is 15.2. The number of nitrogens with one attached hydrogen (secondary N) is 2. The van der Waals surface area contributed by atoms with Crippen molar-refractivity contribution in [2.75, 3.05) is 37.4 Å². The Kier molecular flexibility index (Phi) is 6.05. The molecule has 0 unspecified atom stereocenters. The second-order valence-corrected chi connectivity index (χ2v) is 4.34. The number of rotatable bonds is 7. The van der Waals surface area contributed by atoms with Crippen molar-refractivity contribution in [2.24, 2.45) is 0 Å². The fourth-order valence-electron chi connectivity index (χ4n) is 1.69. The molecule has 0 saturated carbocycles. The Hall–Kier alpha value is -1.85. The first-order chi connectivity index (χ1) is 9.10. The Balaban J connectivity index is 2.85. The Morgan fingerprint density at radius 3 is 2.68 bits per heavy atom. The van der Waals surface area contributed by atoms with Crippen molar-refractivity contribution < 1.29 is 4.79 Å². The van der Waals surface area contributed by atoms with Crippen LogP contribution in [-0.2, 0) is 11.2 Å². The second kappa shape index (κ2) is 7.56. The molecule has 0 aliphatic heterocycles. The van der Waals surface area contributed by atoms with Gasteiger partial charge in [0.05, 0.1) is 6.54 Å². The maximum Gasteiger partial charge on any atom is 0.239 e. The number of hydrogen-bond donors (Lipinski definition) is 2. The number of hydrogen-bond acceptors (Lipinski definition) is 5. The van der Waals surface area contributed by atoms with E-state index in [1.165, 1.54) is 0 Å². The summed E-state index contributed by atoms with van der Waals surface area (Å²) >= 11 is 0. The van der Waals surface area contributed by atoms with Crippen LogP contribution in [0.4, 0.5) is 11.6 Å². The molecule has 6 heteroatoms. The van der Waals surface area contributed by atoms with Gasteiger partial charge in [0.2, 0.25) is 5.91 Å². The minimum atomic E-state index is -0.00772. The summed E-state index contributed by atoms with van der Waals surface area (Å²) in [7, 11) is 3.68. The Labute approximate surface area is 114 Å². The van der Waals surface area contributed by atoms with E-state index in [4.69, 9.17) is 0 Å². The van der Waals surface area contributed by atoms with Crippen LogP contribution < -0.4 is 15.5 Å². The molecule has 0 saturated heterocycles. The summed E-state index contributed by atoms with van der Waals surface area (Å²) in [6.45, 7) is 4.92. The van der Waals surface area contributed by atoms with E-state index in [1.807, 2.05) is 32.0 Å². The largest absolute Gasteiger partial charge is 0.373 e. The highest BCUT2D eigenvalue weighted by molar-refractivity contribution is 5.80. The monoisotopic (exact) mass is 265 g/mol. The average molecular weight is 265 g/mol. The van der Waals surface area contributed by atoms with Crippen molar-refractivity contribution in [3.8, 4) is 0 Å². The van der Waals surface area contributed by atoms with Crippen LogP contribution in [0.5, 0.6) is 0 Å². The maximum absolute atomic E-state index is 11.6. The molecule has 1 heterocycles. The lowest BCUT2D eigenvalue weighted by molar-refractivity contribution is -0.119. The third-order valence-electron chi connectivity index (χ3n) is 2.63. The van der Waals surface area contributed by atoms with Gasteiger partial charge in [-0.05, 0) is 13.3 Å². The van der Waals surface area contributed by atoms with Crippen molar-refractivity contribution in [3.63, 3.8) is 0 Å². The fraction of sp³-hybridized carbons (Fsp3) is 0.615. The highest BCUT2D eigenvalue weighted by atomic mass is 16.2. The zero-order valence-corrected chi connectivity index (χ0v) is 12.2. The molecule has 1 amide bonds. The lowest BCUT2D eigenvalue weighted by atomic mass is 10.3. The number of amides is 1. The minimum absolute atomic E-state index is 0.00772. The molecule has 1 aromatic heterocycles. The van der Waals surface area contributed by atoms with E-state index in [1.54, 1.807) is 0 Å². The lowest BCUT2D eigenvalue weighted by Crippen LogP contribution is -2.35. The van der Waals surface area contributed by atoms with Crippen LogP contribution in [0, 0.1) is 0 Å². The summed E-state index contributed by atoms with van der Waals surface area (Å²) in [6.07, 6.45) is 1.82. The Morgan fingerprint density at radius 2 is 2.11 bits per heavy atom. The van der Waals surface area contributed by atoms with Gasteiger partial charge < -0.3 is 15.5 Å². The van der Waals surface area contributed by atoms with Crippen LogP contribution in [0.25, 0.3) is 0 Å².